The molecule has 0 spiro atoms. The fraction of sp³-hybridized carbons (Fsp3) is 0.364. The van der Waals surface area contributed by atoms with Crippen LogP contribution >= 0.6 is 22.6 Å². The summed E-state index contributed by atoms with van der Waals surface area (Å²) in [6.45, 7) is 0. The molecule has 0 amide bonds. The zero-order valence-electron chi connectivity index (χ0n) is 7.29. The summed E-state index contributed by atoms with van der Waals surface area (Å²) >= 11 is 2.26. The molecule has 0 aromatic heterocycles. The number of ketones is 1. The highest BCUT2D eigenvalue weighted by atomic mass is 127. The van der Waals surface area contributed by atoms with Crippen molar-refractivity contribution in [2.24, 2.45) is 0 Å². The Bertz CT molecular complexity index is 333. The van der Waals surface area contributed by atoms with E-state index in [-0.39, 0.29) is 3.92 Å². The van der Waals surface area contributed by atoms with Crippen LogP contribution in [0.25, 0.3) is 0 Å². The lowest BCUT2D eigenvalue weighted by molar-refractivity contribution is -0.117. The average Bonchev–Trinajstić information content (AvgIpc) is 2.28. The monoisotopic (exact) mass is 286 g/mol. The molecule has 0 saturated carbocycles. The minimum absolute atomic E-state index is 0.213. The quantitative estimate of drug-likeness (QED) is 0.407. The number of hydrogen-bond acceptors (Lipinski definition) is 1. The Morgan fingerprint density at radius 1 is 1.23 bits per heavy atom. The second-order valence-corrected chi connectivity index (χ2v) is 4.92. The molecule has 0 radical (unpaired) electrons. The van der Waals surface area contributed by atoms with Crippen molar-refractivity contribution >= 4 is 28.4 Å². The molecule has 0 heterocycles. The summed E-state index contributed by atoms with van der Waals surface area (Å²) in [7, 11) is 0. The molecule has 1 nitrogen and oxygen atoms in total. The molecule has 2 rings (SSSR count). The van der Waals surface area contributed by atoms with Gasteiger partial charge in [-0.25, -0.2) is 0 Å². The highest BCUT2D eigenvalue weighted by molar-refractivity contribution is 14.1. The Kier molecular flexibility index (Phi) is 2.67. The molecular formula is C11H11IO. The highest BCUT2D eigenvalue weighted by Gasteiger charge is 2.20. The fourth-order valence-corrected chi connectivity index (χ4v) is 2.25. The van der Waals surface area contributed by atoms with Crippen molar-refractivity contribution in [2.75, 3.05) is 0 Å². The van der Waals surface area contributed by atoms with Crippen molar-refractivity contribution in [1.82, 2.24) is 0 Å². The molecule has 2 heteroatoms. The van der Waals surface area contributed by atoms with Gasteiger partial charge in [-0.15, -0.1) is 0 Å². The Hall–Kier alpha value is -0.380. The lowest BCUT2D eigenvalue weighted by Gasteiger charge is -2.01. The topological polar surface area (TPSA) is 17.1 Å². The number of alkyl halides is 1. The molecule has 1 aromatic carbocycles. The van der Waals surface area contributed by atoms with Crippen LogP contribution in [0.4, 0.5) is 0 Å². The Balaban J connectivity index is 2.35. The average molecular weight is 286 g/mol. The first kappa shape index (κ1) is 9.19. The molecule has 0 fully saturated rings. The van der Waals surface area contributed by atoms with E-state index in [1.165, 1.54) is 11.1 Å². The summed E-state index contributed by atoms with van der Waals surface area (Å²) < 4.78 is 0.213. The number of aryl methyl sites for hydroxylation is 1. The second-order valence-electron chi connectivity index (χ2n) is 3.42. The number of rotatable bonds is 0. The zero-order valence-corrected chi connectivity index (χ0v) is 9.45. The number of fused-ring (bicyclic) bond motifs is 1. The molecule has 0 aliphatic heterocycles. The third-order valence-corrected chi connectivity index (χ3v) is 3.82. The van der Waals surface area contributed by atoms with E-state index in [1.807, 2.05) is 6.07 Å². The minimum Gasteiger partial charge on any atom is -0.298 e. The van der Waals surface area contributed by atoms with Gasteiger partial charge in [0.05, 0.1) is 3.92 Å². The zero-order chi connectivity index (χ0) is 9.26. The summed E-state index contributed by atoms with van der Waals surface area (Å²) in [6, 6.07) is 8.27. The van der Waals surface area contributed by atoms with Gasteiger partial charge in [0.1, 0.15) is 5.78 Å². The van der Waals surface area contributed by atoms with Crippen LogP contribution in [0.1, 0.15) is 17.5 Å². The molecule has 0 bridgehead atoms. The van der Waals surface area contributed by atoms with Crippen LogP contribution in [-0.4, -0.2) is 9.71 Å². The van der Waals surface area contributed by atoms with E-state index in [9.17, 15) is 4.79 Å². The number of carbonyl (C=O) groups is 1. The third-order valence-electron chi connectivity index (χ3n) is 2.50. The van der Waals surface area contributed by atoms with Crippen LogP contribution in [0, 0.1) is 0 Å². The van der Waals surface area contributed by atoms with E-state index < -0.39 is 0 Å². The van der Waals surface area contributed by atoms with E-state index in [4.69, 9.17) is 0 Å². The van der Waals surface area contributed by atoms with Crippen molar-refractivity contribution in [2.45, 2.75) is 23.2 Å². The van der Waals surface area contributed by atoms with Gasteiger partial charge in [-0.1, -0.05) is 46.9 Å². The fourth-order valence-electron chi connectivity index (χ4n) is 1.72. The number of hydrogen-bond donors (Lipinski definition) is 0. The highest BCUT2D eigenvalue weighted by Crippen LogP contribution is 2.22. The van der Waals surface area contributed by atoms with Crippen molar-refractivity contribution in [3.05, 3.63) is 35.4 Å². The summed E-state index contributed by atoms with van der Waals surface area (Å²) in [6.07, 6.45) is 2.68. The van der Waals surface area contributed by atoms with Crippen LogP contribution in [0.15, 0.2) is 24.3 Å². The van der Waals surface area contributed by atoms with Crippen LogP contribution in [0.5, 0.6) is 0 Å². The van der Waals surface area contributed by atoms with Crippen molar-refractivity contribution in [3.8, 4) is 0 Å². The summed E-state index contributed by atoms with van der Waals surface area (Å²) in [5.74, 6) is 0.380. The van der Waals surface area contributed by atoms with E-state index in [0.717, 1.165) is 12.8 Å². The van der Waals surface area contributed by atoms with Gasteiger partial charge in [-0.3, -0.25) is 4.79 Å². The van der Waals surface area contributed by atoms with Crippen LogP contribution < -0.4 is 0 Å². The van der Waals surface area contributed by atoms with Crippen LogP contribution in [0.3, 0.4) is 0 Å². The largest absolute Gasteiger partial charge is 0.298 e. The second kappa shape index (κ2) is 3.78. The number of carbonyl (C=O) groups excluding carboxylic acids is 1. The summed E-state index contributed by atoms with van der Waals surface area (Å²) in [5, 5.41) is 0. The van der Waals surface area contributed by atoms with Gasteiger partial charge in [0.2, 0.25) is 0 Å². The Morgan fingerprint density at radius 3 is 2.69 bits per heavy atom. The van der Waals surface area contributed by atoms with E-state index in [2.05, 4.69) is 40.8 Å². The van der Waals surface area contributed by atoms with Crippen molar-refractivity contribution < 1.29 is 4.79 Å². The van der Waals surface area contributed by atoms with Gasteiger partial charge < -0.3 is 0 Å². The van der Waals surface area contributed by atoms with Gasteiger partial charge in [0.15, 0.2) is 0 Å². The third kappa shape index (κ3) is 1.93. The maximum Gasteiger partial charge on any atom is 0.150 e. The van der Waals surface area contributed by atoms with E-state index in [1.54, 1.807) is 0 Å². The maximum absolute atomic E-state index is 11.6. The molecular weight excluding hydrogens is 275 g/mol. The predicted octanol–water partition coefficient (Wildman–Crippen LogP) is 2.55. The molecule has 68 valence electrons. The predicted molar refractivity (Wildman–Crippen MR) is 61.3 cm³/mol. The van der Waals surface area contributed by atoms with Crippen LogP contribution in [0.2, 0.25) is 0 Å². The molecule has 1 aliphatic rings. The van der Waals surface area contributed by atoms with Gasteiger partial charge in [0.25, 0.3) is 0 Å². The molecule has 1 unspecified atom stereocenters. The van der Waals surface area contributed by atoms with E-state index in [0.29, 0.717) is 12.2 Å². The standard InChI is InChI=1S/C11H11IO/c12-10-6-5-8-3-1-2-4-9(8)7-11(10)13/h1-4,10H,5-7H2. The Labute approximate surface area is 91.7 Å². The van der Waals surface area contributed by atoms with Crippen LogP contribution in [-0.2, 0) is 17.6 Å². The van der Waals surface area contributed by atoms with Crippen molar-refractivity contribution in [1.29, 1.82) is 0 Å². The molecule has 1 aliphatic carbocycles. The molecule has 0 saturated heterocycles. The normalized spacial score (nSPS) is 22.2. The summed E-state index contributed by atoms with van der Waals surface area (Å²) in [5.41, 5.74) is 2.58. The first-order valence-electron chi connectivity index (χ1n) is 4.51. The Morgan fingerprint density at radius 2 is 1.92 bits per heavy atom. The summed E-state index contributed by atoms with van der Waals surface area (Å²) in [4.78, 5) is 11.6. The molecule has 1 atom stereocenters. The van der Waals surface area contributed by atoms with Gasteiger partial charge in [0, 0.05) is 6.42 Å². The smallest absolute Gasteiger partial charge is 0.150 e. The maximum atomic E-state index is 11.6. The molecule has 1 aromatic rings. The minimum atomic E-state index is 0.213. The van der Waals surface area contributed by atoms with Gasteiger partial charge in [-0.05, 0) is 24.0 Å². The number of benzene rings is 1. The first-order valence-corrected chi connectivity index (χ1v) is 5.75. The first-order chi connectivity index (χ1) is 6.27. The SMILES string of the molecule is O=C1Cc2ccccc2CCC1I. The molecule has 13 heavy (non-hydrogen) atoms. The lowest BCUT2D eigenvalue weighted by Crippen LogP contribution is -2.13. The lowest BCUT2D eigenvalue weighted by atomic mass is 10.0. The number of Topliss-reactive ketones (excluding diaryl/α,β-unsaturated/α-hetero) is 1. The van der Waals surface area contributed by atoms with Gasteiger partial charge in [-0.2, -0.15) is 0 Å². The van der Waals surface area contributed by atoms with Crippen molar-refractivity contribution in [3.63, 3.8) is 0 Å². The van der Waals surface area contributed by atoms with Gasteiger partial charge >= 0.3 is 0 Å². The van der Waals surface area contributed by atoms with E-state index >= 15 is 0 Å². The number of halogens is 1. The molecule has 0 N–H and O–H groups in total.